The highest BCUT2D eigenvalue weighted by atomic mass is 19.1. The summed E-state index contributed by atoms with van der Waals surface area (Å²) in [5.74, 6) is 1.89. The van der Waals surface area contributed by atoms with Crippen LogP contribution in [0.25, 0.3) is 0 Å². The minimum atomic E-state index is -0.190. The number of piperidine rings is 1. The van der Waals surface area contributed by atoms with E-state index in [1.807, 2.05) is 24.3 Å². The van der Waals surface area contributed by atoms with E-state index in [9.17, 15) is 14.4 Å². The third-order valence-electron chi connectivity index (χ3n) is 12.0. The molecule has 4 aliphatic rings. The van der Waals surface area contributed by atoms with Gasteiger partial charge in [-0.15, -0.1) is 0 Å². The number of nitrogens with one attached hydrogen (secondary N) is 1. The minimum Gasteiger partial charge on any atom is -0.487 e. The number of anilines is 1. The number of halogens is 1. The van der Waals surface area contributed by atoms with Crippen LogP contribution in [0.15, 0.2) is 54.9 Å². The number of carbonyl (C=O) groups is 1. The van der Waals surface area contributed by atoms with E-state index in [4.69, 9.17) is 9.47 Å². The van der Waals surface area contributed by atoms with Gasteiger partial charge in [-0.05, 0) is 106 Å². The van der Waals surface area contributed by atoms with Crippen molar-refractivity contribution in [3.8, 4) is 11.8 Å². The first kappa shape index (κ1) is 33.6. The topological polar surface area (TPSA) is 97.7 Å². The monoisotopic (exact) mass is 668 g/mol. The predicted molar refractivity (Wildman–Crippen MR) is 186 cm³/mol. The van der Waals surface area contributed by atoms with Gasteiger partial charge in [0.1, 0.15) is 24.2 Å². The summed E-state index contributed by atoms with van der Waals surface area (Å²) >= 11 is 0. The maximum Gasteiger partial charge on any atom is 0.305 e. The standard InChI is InChI=1S/C39H49FN6O3/c1-48-38(47)17-30-5-2-8-36(30)39(27-45-13-4-14-45,33-6-3-7-34(40)18-33)32-11-15-44(16-12-32)23-29-24-46(25-29)35-10-9-31(20-41)37(19-35)49-26-28-21-42-43-22-28/h3,6-7,9-10,18-19,21-22,29-30,32,36H,2,4-5,8,11-17,23-27H2,1H3,(H,42,43)/t30-,36+,39+/m1/s1. The second kappa shape index (κ2) is 14.9. The van der Waals surface area contributed by atoms with Crippen molar-refractivity contribution < 1.29 is 18.7 Å². The Hall–Kier alpha value is -3.94. The number of nitrogens with zero attached hydrogens (tertiary/aromatic N) is 5. The van der Waals surface area contributed by atoms with Gasteiger partial charge < -0.3 is 24.2 Å². The van der Waals surface area contributed by atoms with Crippen molar-refractivity contribution >= 4 is 11.7 Å². The van der Waals surface area contributed by atoms with E-state index in [-0.39, 0.29) is 23.1 Å². The molecule has 9 nitrogen and oxygen atoms in total. The zero-order chi connectivity index (χ0) is 33.8. The first-order valence-electron chi connectivity index (χ1n) is 18.1. The highest BCUT2D eigenvalue weighted by Gasteiger charge is 2.53. The Labute approximate surface area is 289 Å². The Bertz CT molecular complexity index is 1610. The molecule has 3 atom stereocenters. The lowest BCUT2D eigenvalue weighted by molar-refractivity contribution is -0.142. The average Bonchev–Trinajstić information content (AvgIpc) is 3.78. The number of aromatic amines is 1. The Kier molecular flexibility index (Phi) is 10.2. The highest BCUT2D eigenvalue weighted by molar-refractivity contribution is 5.69. The summed E-state index contributed by atoms with van der Waals surface area (Å²) in [7, 11) is 1.49. The Morgan fingerprint density at radius 2 is 1.90 bits per heavy atom. The molecule has 49 heavy (non-hydrogen) atoms. The average molecular weight is 669 g/mol. The molecule has 3 aliphatic heterocycles. The van der Waals surface area contributed by atoms with Crippen molar-refractivity contribution in [2.75, 3.05) is 64.4 Å². The van der Waals surface area contributed by atoms with Crippen LogP contribution < -0.4 is 9.64 Å². The van der Waals surface area contributed by atoms with Crippen LogP contribution >= 0.6 is 0 Å². The molecule has 0 spiro atoms. The van der Waals surface area contributed by atoms with E-state index in [1.165, 1.54) is 13.5 Å². The maximum atomic E-state index is 15.0. The lowest BCUT2D eigenvalue weighted by Crippen LogP contribution is -2.58. The van der Waals surface area contributed by atoms with Crippen LogP contribution in [-0.4, -0.2) is 85.4 Å². The number of hydrogen-bond acceptors (Lipinski definition) is 8. The summed E-state index contributed by atoms with van der Waals surface area (Å²) in [5, 5.41) is 16.4. The quantitative estimate of drug-likeness (QED) is 0.230. The van der Waals surface area contributed by atoms with E-state index in [0.29, 0.717) is 42.1 Å². The molecule has 0 unspecified atom stereocenters. The van der Waals surface area contributed by atoms with Gasteiger partial charge in [0, 0.05) is 67.4 Å². The zero-order valence-electron chi connectivity index (χ0n) is 28.7. The number of ether oxygens (including phenoxy) is 2. The summed E-state index contributed by atoms with van der Waals surface area (Å²) in [4.78, 5) is 20.2. The molecular formula is C39H49FN6O3. The lowest BCUT2D eigenvalue weighted by Gasteiger charge is -2.54. The predicted octanol–water partition coefficient (Wildman–Crippen LogP) is 5.77. The van der Waals surface area contributed by atoms with Gasteiger partial charge in [-0.25, -0.2) is 4.39 Å². The van der Waals surface area contributed by atoms with Crippen molar-refractivity contribution in [2.24, 2.45) is 23.7 Å². The van der Waals surface area contributed by atoms with Gasteiger partial charge in [0.2, 0.25) is 0 Å². The fraction of sp³-hybridized carbons (Fsp3) is 0.564. The van der Waals surface area contributed by atoms with Gasteiger partial charge in [0.05, 0.1) is 18.9 Å². The first-order valence-corrected chi connectivity index (χ1v) is 18.1. The number of carbonyl (C=O) groups excluding carboxylic acids is 1. The largest absolute Gasteiger partial charge is 0.487 e. The normalized spacial score (nSPS) is 23.3. The molecule has 4 heterocycles. The summed E-state index contributed by atoms with van der Waals surface area (Å²) < 4.78 is 26.1. The van der Waals surface area contributed by atoms with Crippen molar-refractivity contribution in [1.29, 1.82) is 5.26 Å². The fourth-order valence-corrected chi connectivity index (χ4v) is 9.36. The Morgan fingerprint density at radius 3 is 2.59 bits per heavy atom. The van der Waals surface area contributed by atoms with Gasteiger partial charge in [-0.1, -0.05) is 18.6 Å². The van der Waals surface area contributed by atoms with Crippen molar-refractivity contribution in [3.05, 3.63) is 77.4 Å². The molecule has 2 aromatic carbocycles. The summed E-state index contributed by atoms with van der Waals surface area (Å²) in [6.07, 6.45) is 10.6. The number of nitriles is 1. The van der Waals surface area contributed by atoms with E-state index >= 15 is 0 Å². The van der Waals surface area contributed by atoms with E-state index in [1.54, 1.807) is 24.5 Å². The molecule has 260 valence electrons. The molecule has 3 saturated heterocycles. The molecule has 1 aliphatic carbocycles. The third-order valence-corrected chi connectivity index (χ3v) is 12.0. The molecule has 4 fully saturated rings. The lowest BCUT2D eigenvalue weighted by atomic mass is 9.56. The number of benzene rings is 2. The van der Waals surface area contributed by atoms with Crippen molar-refractivity contribution in [2.45, 2.75) is 57.0 Å². The molecule has 0 bridgehead atoms. The maximum absolute atomic E-state index is 15.0. The van der Waals surface area contributed by atoms with Crippen LogP contribution in [0.2, 0.25) is 0 Å². The molecule has 10 heteroatoms. The molecule has 1 aromatic heterocycles. The molecule has 3 aromatic rings. The zero-order valence-corrected chi connectivity index (χ0v) is 28.7. The second-order valence-electron chi connectivity index (χ2n) is 14.8. The van der Waals surface area contributed by atoms with Crippen molar-refractivity contribution in [1.82, 2.24) is 20.0 Å². The molecule has 7 rings (SSSR count). The fourth-order valence-electron chi connectivity index (χ4n) is 9.36. The molecule has 0 amide bonds. The number of rotatable bonds is 13. The highest BCUT2D eigenvalue weighted by Crippen LogP contribution is 2.54. The van der Waals surface area contributed by atoms with Crippen LogP contribution in [0.3, 0.4) is 0 Å². The number of likely N-dealkylation sites (tertiary alicyclic amines) is 2. The Balaban J connectivity index is 1.02. The number of esters is 1. The Morgan fingerprint density at radius 1 is 1.06 bits per heavy atom. The van der Waals surface area contributed by atoms with Crippen LogP contribution in [0, 0.1) is 40.8 Å². The van der Waals surface area contributed by atoms with Gasteiger partial charge in [0.25, 0.3) is 0 Å². The molecule has 1 N–H and O–H groups in total. The van der Waals surface area contributed by atoms with Gasteiger partial charge in [-0.2, -0.15) is 10.4 Å². The van der Waals surface area contributed by atoms with Crippen LogP contribution in [-0.2, 0) is 21.6 Å². The van der Waals surface area contributed by atoms with E-state index in [0.717, 1.165) is 101 Å². The minimum absolute atomic E-state index is 0.127. The van der Waals surface area contributed by atoms with Crippen LogP contribution in [0.1, 0.15) is 61.6 Å². The van der Waals surface area contributed by atoms with Gasteiger partial charge >= 0.3 is 5.97 Å². The van der Waals surface area contributed by atoms with E-state index < -0.39 is 0 Å². The number of hydrogen-bond donors (Lipinski definition) is 1. The second-order valence-corrected chi connectivity index (χ2v) is 14.8. The number of H-pyrrole nitrogens is 1. The number of aromatic nitrogens is 2. The molecule has 1 saturated carbocycles. The SMILES string of the molecule is COC(=O)C[C@H]1CCC[C@@H]1[C@](CN1CCC1)(c1cccc(F)c1)C1CCN(CC2CN(c3ccc(C#N)c(OCc4cn[nH]c4)c3)C2)CC1. The number of methoxy groups -OCH3 is 1. The molecular weight excluding hydrogens is 619 g/mol. The third kappa shape index (κ3) is 7.20. The summed E-state index contributed by atoms with van der Waals surface area (Å²) in [5.41, 5.74) is 3.49. The van der Waals surface area contributed by atoms with Crippen LogP contribution in [0.5, 0.6) is 5.75 Å². The van der Waals surface area contributed by atoms with Gasteiger partial charge in [0.15, 0.2) is 0 Å². The van der Waals surface area contributed by atoms with E-state index in [2.05, 4.69) is 37.0 Å². The summed E-state index contributed by atoms with van der Waals surface area (Å²) in [6, 6.07) is 15.5. The smallest absolute Gasteiger partial charge is 0.305 e. The first-order chi connectivity index (χ1) is 23.9. The summed E-state index contributed by atoms with van der Waals surface area (Å²) in [6.45, 7) is 8.60. The van der Waals surface area contributed by atoms with Crippen molar-refractivity contribution in [3.63, 3.8) is 0 Å². The van der Waals surface area contributed by atoms with Gasteiger partial charge in [-0.3, -0.25) is 9.89 Å². The van der Waals surface area contributed by atoms with Crippen LogP contribution in [0.4, 0.5) is 10.1 Å². The molecule has 0 radical (unpaired) electrons.